The molecule has 0 aliphatic heterocycles. The molecule has 0 saturated heterocycles. The Morgan fingerprint density at radius 3 is 2.12 bits per heavy atom. The smallest absolute Gasteiger partial charge is 0.392 e. The number of hydrogen-bond donors (Lipinski definition) is 0. The molecule has 0 N–H and O–H groups in total. The first-order chi connectivity index (χ1) is 7.53. The van der Waals surface area contributed by atoms with Gasteiger partial charge in [-0.15, -0.1) is 0 Å². The summed E-state index contributed by atoms with van der Waals surface area (Å²) in [6.45, 7) is 0. The Bertz CT molecular complexity index is 406. The molecule has 0 aromatic carbocycles. The molecule has 0 amide bonds. The Morgan fingerprint density at radius 2 is 1.76 bits per heavy atom. The highest BCUT2D eigenvalue weighted by Crippen LogP contribution is 2.39. The van der Waals surface area contributed by atoms with Crippen LogP contribution >= 0.6 is 0 Å². The first-order valence-electron chi connectivity index (χ1n) is 4.68. The Morgan fingerprint density at radius 1 is 1.24 bits per heavy atom. The van der Waals surface area contributed by atoms with Crippen molar-refractivity contribution in [3.05, 3.63) is 10.1 Å². The normalized spacial score (nSPS) is 31.2. The fourth-order valence-electron chi connectivity index (χ4n) is 1.97. The monoisotopic (exact) mass is 276 g/mol. The molecule has 3 unspecified atom stereocenters. The number of nitrogens with zero attached hydrogens (tertiary/aromatic N) is 1. The quantitative estimate of drug-likeness (QED) is 0.424. The average molecular weight is 276 g/mol. The van der Waals surface area contributed by atoms with E-state index in [1.807, 2.05) is 0 Å². The van der Waals surface area contributed by atoms with Gasteiger partial charge in [-0.2, -0.15) is 13.2 Å². The summed E-state index contributed by atoms with van der Waals surface area (Å²) in [5, 5.41) is 8.65. The summed E-state index contributed by atoms with van der Waals surface area (Å²) in [7, 11) is -4.95. The molecule has 0 heterocycles. The van der Waals surface area contributed by atoms with Gasteiger partial charge in [-0.05, 0) is 12.8 Å². The second-order valence-electron chi connectivity index (χ2n) is 3.94. The zero-order valence-electron chi connectivity index (χ0n) is 8.38. The molecule has 1 fully saturated rings. The van der Waals surface area contributed by atoms with Crippen LogP contribution in [0.15, 0.2) is 0 Å². The molecule has 100 valence electrons. The average Bonchev–Trinajstić information content (AvgIpc) is 2.14. The highest BCUT2D eigenvalue weighted by Gasteiger charge is 2.50. The maximum absolute atomic E-state index is 12.4. The van der Waals surface area contributed by atoms with Gasteiger partial charge < -0.3 is 4.55 Å². The molecule has 0 radical (unpaired) electrons. The van der Waals surface area contributed by atoms with Crippen molar-refractivity contribution in [1.29, 1.82) is 0 Å². The van der Waals surface area contributed by atoms with Crippen molar-refractivity contribution in [3.63, 3.8) is 0 Å². The van der Waals surface area contributed by atoms with Crippen molar-refractivity contribution in [2.24, 2.45) is 5.92 Å². The maximum atomic E-state index is 12.4. The van der Waals surface area contributed by atoms with Gasteiger partial charge in [0, 0.05) is 11.3 Å². The topological polar surface area (TPSA) is 100 Å². The van der Waals surface area contributed by atoms with E-state index in [9.17, 15) is 36.3 Å². The zero-order valence-corrected chi connectivity index (χ0v) is 9.20. The molecule has 3 atom stereocenters. The lowest BCUT2D eigenvalue weighted by molar-refractivity contribution is -0.528. The molecular formula is C7H9F3NO5S-. The third-order valence-corrected chi connectivity index (χ3v) is 4.15. The van der Waals surface area contributed by atoms with Crippen molar-refractivity contribution < 1.29 is 31.1 Å². The lowest BCUT2D eigenvalue weighted by Gasteiger charge is -2.32. The molecule has 10 heteroatoms. The third-order valence-electron chi connectivity index (χ3n) is 2.86. The summed E-state index contributed by atoms with van der Waals surface area (Å²) in [5.41, 5.74) is 0. The van der Waals surface area contributed by atoms with E-state index in [0.717, 1.165) is 0 Å². The number of halogens is 3. The van der Waals surface area contributed by atoms with Crippen LogP contribution in [0.3, 0.4) is 0 Å². The lowest BCUT2D eigenvalue weighted by Crippen LogP contribution is -2.46. The van der Waals surface area contributed by atoms with Crippen LogP contribution in [0, 0.1) is 16.0 Å². The van der Waals surface area contributed by atoms with Gasteiger partial charge in [0.05, 0.1) is 5.92 Å². The second-order valence-corrected chi connectivity index (χ2v) is 5.53. The molecule has 1 aliphatic carbocycles. The van der Waals surface area contributed by atoms with E-state index in [1.54, 1.807) is 0 Å². The van der Waals surface area contributed by atoms with E-state index in [1.165, 1.54) is 0 Å². The number of alkyl halides is 3. The van der Waals surface area contributed by atoms with Gasteiger partial charge in [-0.1, -0.05) is 0 Å². The van der Waals surface area contributed by atoms with E-state index in [0.29, 0.717) is 0 Å². The van der Waals surface area contributed by atoms with Crippen LogP contribution < -0.4 is 0 Å². The Hall–Kier alpha value is -0.900. The lowest BCUT2D eigenvalue weighted by atomic mass is 9.85. The number of rotatable bonds is 2. The van der Waals surface area contributed by atoms with Crippen molar-refractivity contribution in [2.75, 3.05) is 0 Å². The molecule has 6 nitrogen and oxygen atoms in total. The first kappa shape index (κ1) is 14.2. The van der Waals surface area contributed by atoms with E-state index < -0.39 is 57.7 Å². The van der Waals surface area contributed by atoms with E-state index in [4.69, 9.17) is 0 Å². The predicted octanol–water partition coefficient (Wildman–Crippen LogP) is 0.908. The Labute approximate surface area is 94.7 Å². The fourth-order valence-corrected chi connectivity index (χ4v) is 2.99. The van der Waals surface area contributed by atoms with Crippen molar-refractivity contribution in [2.45, 2.75) is 36.7 Å². The van der Waals surface area contributed by atoms with Crippen LogP contribution in [0.1, 0.15) is 19.3 Å². The van der Waals surface area contributed by atoms with Crippen molar-refractivity contribution >= 4 is 10.1 Å². The predicted molar refractivity (Wildman–Crippen MR) is 47.7 cm³/mol. The van der Waals surface area contributed by atoms with Gasteiger partial charge in [0.1, 0.15) is 15.4 Å². The van der Waals surface area contributed by atoms with Crippen LogP contribution in [-0.4, -0.2) is 35.4 Å². The fraction of sp³-hybridized carbons (Fsp3) is 1.00. The van der Waals surface area contributed by atoms with Crippen molar-refractivity contribution in [3.8, 4) is 0 Å². The number of hydrogen-bond acceptors (Lipinski definition) is 5. The van der Waals surface area contributed by atoms with Gasteiger partial charge in [-0.25, -0.2) is 8.42 Å². The Balaban J connectivity index is 2.94. The van der Waals surface area contributed by atoms with Gasteiger partial charge in [-0.3, -0.25) is 10.1 Å². The van der Waals surface area contributed by atoms with Crippen LogP contribution in [0.25, 0.3) is 0 Å². The van der Waals surface area contributed by atoms with Crippen LogP contribution in [0.2, 0.25) is 0 Å². The van der Waals surface area contributed by atoms with Crippen LogP contribution in [0.5, 0.6) is 0 Å². The highest BCUT2D eigenvalue weighted by molar-refractivity contribution is 7.86. The van der Waals surface area contributed by atoms with Crippen LogP contribution in [-0.2, 0) is 10.1 Å². The summed E-state index contributed by atoms with van der Waals surface area (Å²) < 4.78 is 69.2. The molecule has 1 saturated carbocycles. The van der Waals surface area contributed by atoms with Gasteiger partial charge >= 0.3 is 6.18 Å². The molecule has 0 bridgehead atoms. The Kier molecular flexibility index (Phi) is 3.67. The van der Waals surface area contributed by atoms with E-state index >= 15 is 0 Å². The number of nitro groups is 1. The zero-order chi connectivity index (χ0) is 13.4. The van der Waals surface area contributed by atoms with Gasteiger partial charge in [0.25, 0.3) is 0 Å². The van der Waals surface area contributed by atoms with Gasteiger partial charge in [0.2, 0.25) is 6.04 Å². The molecule has 1 rings (SSSR count). The highest BCUT2D eigenvalue weighted by atomic mass is 32.2. The van der Waals surface area contributed by atoms with E-state index in [2.05, 4.69) is 0 Å². The largest absolute Gasteiger partial charge is 0.748 e. The maximum Gasteiger partial charge on any atom is 0.392 e. The summed E-state index contributed by atoms with van der Waals surface area (Å²) in [6.07, 6.45) is -6.75. The molecule has 0 spiro atoms. The minimum absolute atomic E-state index is 0.569. The minimum atomic E-state index is -4.95. The summed E-state index contributed by atoms with van der Waals surface area (Å²) in [6, 6.07) is -1.97. The summed E-state index contributed by atoms with van der Waals surface area (Å²) in [4.78, 5) is 9.41. The second kappa shape index (κ2) is 4.41. The molecule has 1 aliphatic rings. The summed E-state index contributed by atoms with van der Waals surface area (Å²) >= 11 is 0. The van der Waals surface area contributed by atoms with Crippen molar-refractivity contribution in [1.82, 2.24) is 0 Å². The van der Waals surface area contributed by atoms with Crippen LogP contribution in [0.4, 0.5) is 13.2 Å². The molecule has 0 aromatic rings. The standard InChI is InChI=1S/C7H10F3NO5S/c8-7(9,10)4-1-2-6(17(14,15)16)5(3-4)11(12)13/h4-6H,1-3H2,(H,14,15,16)/p-1. The molecule has 0 aromatic heterocycles. The minimum Gasteiger partial charge on any atom is -0.748 e. The SMILES string of the molecule is O=[N+]([O-])C1CC(C(F)(F)F)CCC1S(=O)(=O)[O-]. The summed E-state index contributed by atoms with van der Waals surface area (Å²) in [5.74, 6) is -1.92. The third kappa shape index (κ3) is 3.28. The first-order valence-corrected chi connectivity index (χ1v) is 6.15. The molecule has 17 heavy (non-hydrogen) atoms. The molecular weight excluding hydrogens is 267 g/mol. The van der Waals surface area contributed by atoms with Gasteiger partial charge in [0.15, 0.2) is 0 Å². The van der Waals surface area contributed by atoms with E-state index in [-0.39, 0.29) is 0 Å².